The van der Waals surface area contributed by atoms with Gasteiger partial charge in [-0.3, -0.25) is 9.69 Å². The largest absolute Gasteiger partial charge is 0.497 e. The van der Waals surface area contributed by atoms with Crippen molar-refractivity contribution in [1.82, 2.24) is 10.2 Å². The number of nitrogens with zero attached hydrogens (tertiary/aromatic N) is 1. The number of hydrogen-bond acceptors (Lipinski definition) is 5. The quantitative estimate of drug-likeness (QED) is 0.689. The van der Waals surface area contributed by atoms with E-state index in [9.17, 15) is 4.79 Å². The van der Waals surface area contributed by atoms with Crippen LogP contribution in [0.4, 0.5) is 0 Å². The van der Waals surface area contributed by atoms with Crippen molar-refractivity contribution in [3.63, 3.8) is 0 Å². The van der Waals surface area contributed by atoms with E-state index in [0.29, 0.717) is 30.5 Å². The molecule has 1 aliphatic heterocycles. The van der Waals surface area contributed by atoms with Crippen molar-refractivity contribution < 1.29 is 19.0 Å². The Kier molecular flexibility index (Phi) is 7.58. The lowest BCUT2D eigenvalue weighted by molar-refractivity contribution is -0.134. The first-order valence-electron chi connectivity index (χ1n) is 10.1. The molecule has 0 saturated carbocycles. The van der Waals surface area contributed by atoms with Gasteiger partial charge in [-0.15, -0.1) is 0 Å². The highest BCUT2D eigenvalue weighted by atomic mass is 35.5. The summed E-state index contributed by atoms with van der Waals surface area (Å²) >= 11 is 5.92. The Bertz CT molecular complexity index is 818. The van der Waals surface area contributed by atoms with Crippen LogP contribution >= 0.6 is 11.6 Å². The van der Waals surface area contributed by atoms with E-state index in [-0.39, 0.29) is 11.9 Å². The first-order chi connectivity index (χ1) is 14.4. The molecule has 0 spiro atoms. The van der Waals surface area contributed by atoms with Gasteiger partial charge in [0.15, 0.2) is 5.60 Å². The molecule has 30 heavy (non-hydrogen) atoms. The first-order valence-corrected chi connectivity index (χ1v) is 10.5. The van der Waals surface area contributed by atoms with Crippen LogP contribution in [0.25, 0.3) is 0 Å². The van der Waals surface area contributed by atoms with Crippen molar-refractivity contribution in [2.75, 3.05) is 40.0 Å². The molecular weight excluding hydrogens is 404 g/mol. The molecule has 2 aromatic carbocycles. The van der Waals surface area contributed by atoms with Crippen LogP contribution in [0, 0.1) is 0 Å². The van der Waals surface area contributed by atoms with Crippen LogP contribution in [0.3, 0.4) is 0 Å². The molecule has 1 N–H and O–H groups in total. The van der Waals surface area contributed by atoms with E-state index in [1.54, 1.807) is 45.2 Å². The van der Waals surface area contributed by atoms with E-state index in [0.717, 1.165) is 24.4 Å². The summed E-state index contributed by atoms with van der Waals surface area (Å²) in [6.45, 7) is 6.99. The van der Waals surface area contributed by atoms with Crippen LogP contribution < -0.4 is 14.8 Å². The number of morpholine rings is 1. The van der Waals surface area contributed by atoms with Gasteiger partial charge in [-0.1, -0.05) is 23.7 Å². The van der Waals surface area contributed by atoms with Crippen molar-refractivity contribution in [2.45, 2.75) is 25.5 Å². The SMILES string of the molecule is COc1ccc([C@@H](CNC(=O)C(C)(C)Oc2ccc(Cl)cc2)N2CCOCC2)cc1. The van der Waals surface area contributed by atoms with E-state index in [1.165, 1.54) is 0 Å². The molecule has 3 rings (SSSR count). The van der Waals surface area contributed by atoms with Crippen molar-refractivity contribution in [1.29, 1.82) is 0 Å². The highest BCUT2D eigenvalue weighted by Crippen LogP contribution is 2.25. The molecule has 0 unspecified atom stereocenters. The molecule has 1 aliphatic rings. The Morgan fingerprint density at radius 2 is 1.70 bits per heavy atom. The number of rotatable bonds is 8. The number of carbonyl (C=O) groups excluding carboxylic acids is 1. The van der Waals surface area contributed by atoms with Gasteiger partial charge in [-0.05, 0) is 55.8 Å². The number of methoxy groups -OCH3 is 1. The number of nitrogens with one attached hydrogen (secondary N) is 1. The predicted octanol–water partition coefficient (Wildman–Crippen LogP) is 3.70. The Labute approximate surface area is 183 Å². The predicted molar refractivity (Wildman–Crippen MR) is 117 cm³/mol. The molecule has 1 fully saturated rings. The van der Waals surface area contributed by atoms with Gasteiger partial charge >= 0.3 is 0 Å². The van der Waals surface area contributed by atoms with Crippen LogP contribution in [0.15, 0.2) is 48.5 Å². The summed E-state index contributed by atoms with van der Waals surface area (Å²) < 4.78 is 16.7. The minimum atomic E-state index is -1.02. The molecule has 6 nitrogen and oxygen atoms in total. The van der Waals surface area contributed by atoms with Crippen molar-refractivity contribution in [3.05, 3.63) is 59.1 Å². The Balaban J connectivity index is 1.68. The molecular formula is C23H29ClN2O4. The molecule has 1 atom stereocenters. The minimum Gasteiger partial charge on any atom is -0.497 e. The molecule has 0 bridgehead atoms. The highest BCUT2D eigenvalue weighted by molar-refractivity contribution is 6.30. The Hall–Kier alpha value is -2.28. The normalized spacial score (nSPS) is 16.0. The summed E-state index contributed by atoms with van der Waals surface area (Å²) in [5.41, 5.74) is 0.0953. The molecule has 0 aliphatic carbocycles. The number of halogens is 1. The second-order valence-electron chi connectivity index (χ2n) is 7.71. The first kappa shape index (κ1) is 22.4. The van der Waals surface area contributed by atoms with Gasteiger partial charge in [0.05, 0.1) is 26.4 Å². The molecule has 7 heteroatoms. The summed E-state index contributed by atoms with van der Waals surface area (Å²) in [4.78, 5) is 15.3. The summed E-state index contributed by atoms with van der Waals surface area (Å²) in [5, 5.41) is 3.70. The summed E-state index contributed by atoms with van der Waals surface area (Å²) in [6.07, 6.45) is 0. The molecule has 1 heterocycles. The third-order valence-corrected chi connectivity index (χ3v) is 5.43. The average molecular weight is 433 g/mol. The maximum atomic E-state index is 12.9. The molecule has 2 aromatic rings. The fourth-order valence-corrected chi connectivity index (χ4v) is 3.54. The van der Waals surface area contributed by atoms with Crippen LogP contribution in [-0.2, 0) is 9.53 Å². The van der Waals surface area contributed by atoms with Gasteiger partial charge in [-0.2, -0.15) is 0 Å². The number of amides is 1. The van der Waals surface area contributed by atoms with E-state index in [1.807, 2.05) is 24.3 Å². The van der Waals surface area contributed by atoms with Crippen LogP contribution in [0.2, 0.25) is 5.02 Å². The van der Waals surface area contributed by atoms with Crippen LogP contribution in [0.1, 0.15) is 25.5 Å². The zero-order valence-electron chi connectivity index (χ0n) is 17.7. The molecule has 0 radical (unpaired) electrons. The number of carbonyl (C=O) groups is 1. The summed E-state index contributed by atoms with van der Waals surface area (Å²) in [6, 6.07) is 15.0. The third kappa shape index (κ3) is 5.88. The van der Waals surface area contributed by atoms with Gasteiger partial charge in [0.1, 0.15) is 11.5 Å². The van der Waals surface area contributed by atoms with Gasteiger partial charge in [0, 0.05) is 24.7 Å². The van der Waals surface area contributed by atoms with Crippen LogP contribution in [-0.4, -0.2) is 56.4 Å². The number of ether oxygens (including phenoxy) is 3. The molecule has 1 saturated heterocycles. The van der Waals surface area contributed by atoms with Gasteiger partial charge in [-0.25, -0.2) is 0 Å². The lowest BCUT2D eigenvalue weighted by Gasteiger charge is -2.35. The summed E-state index contributed by atoms with van der Waals surface area (Å²) in [5.74, 6) is 1.23. The van der Waals surface area contributed by atoms with Crippen molar-refractivity contribution in [2.24, 2.45) is 0 Å². The maximum Gasteiger partial charge on any atom is 0.263 e. The van der Waals surface area contributed by atoms with E-state index in [2.05, 4.69) is 10.2 Å². The lowest BCUT2D eigenvalue weighted by Crippen LogP contribution is -2.50. The van der Waals surface area contributed by atoms with Gasteiger partial charge in [0.2, 0.25) is 0 Å². The van der Waals surface area contributed by atoms with Gasteiger partial charge in [0.25, 0.3) is 5.91 Å². The molecule has 162 valence electrons. The van der Waals surface area contributed by atoms with E-state index >= 15 is 0 Å². The van der Waals surface area contributed by atoms with Gasteiger partial charge < -0.3 is 19.5 Å². The van der Waals surface area contributed by atoms with E-state index in [4.69, 9.17) is 25.8 Å². The van der Waals surface area contributed by atoms with Crippen molar-refractivity contribution >= 4 is 17.5 Å². The molecule has 1 amide bonds. The monoisotopic (exact) mass is 432 g/mol. The fraction of sp³-hybridized carbons (Fsp3) is 0.435. The fourth-order valence-electron chi connectivity index (χ4n) is 3.42. The third-order valence-electron chi connectivity index (χ3n) is 5.18. The number of hydrogen-bond donors (Lipinski definition) is 1. The minimum absolute atomic E-state index is 0.0371. The molecule has 0 aromatic heterocycles. The Morgan fingerprint density at radius 1 is 1.10 bits per heavy atom. The second-order valence-corrected chi connectivity index (χ2v) is 8.15. The number of benzene rings is 2. The Morgan fingerprint density at radius 3 is 2.30 bits per heavy atom. The lowest BCUT2D eigenvalue weighted by atomic mass is 10.0. The zero-order chi connectivity index (χ0) is 21.6. The topological polar surface area (TPSA) is 60.0 Å². The standard InChI is InChI=1S/C23H29ClN2O4/c1-23(2,30-20-10-6-18(24)7-11-20)22(27)25-16-21(26-12-14-29-15-13-26)17-4-8-19(28-3)9-5-17/h4-11,21H,12-16H2,1-3H3,(H,25,27)/t21-/m1/s1. The highest BCUT2D eigenvalue weighted by Gasteiger charge is 2.31. The van der Waals surface area contributed by atoms with Crippen LogP contribution in [0.5, 0.6) is 11.5 Å². The average Bonchev–Trinajstić information content (AvgIpc) is 2.76. The zero-order valence-corrected chi connectivity index (χ0v) is 18.4. The second kappa shape index (κ2) is 10.2. The smallest absolute Gasteiger partial charge is 0.263 e. The van der Waals surface area contributed by atoms with E-state index < -0.39 is 5.60 Å². The maximum absolute atomic E-state index is 12.9. The van der Waals surface area contributed by atoms with Crippen molar-refractivity contribution in [3.8, 4) is 11.5 Å². The summed E-state index contributed by atoms with van der Waals surface area (Å²) in [7, 11) is 1.65.